The summed E-state index contributed by atoms with van der Waals surface area (Å²) in [5.41, 5.74) is 5.73. The van der Waals surface area contributed by atoms with E-state index in [1.54, 1.807) is 12.1 Å². The Hall–Kier alpha value is -2.96. The second-order valence-corrected chi connectivity index (χ2v) is 9.95. The fourth-order valence-corrected chi connectivity index (χ4v) is 5.08. The number of carbonyl (C=O) groups is 1. The zero-order valence-corrected chi connectivity index (χ0v) is 19.4. The maximum absolute atomic E-state index is 14.1. The summed E-state index contributed by atoms with van der Waals surface area (Å²) in [6.07, 6.45) is 0. The van der Waals surface area contributed by atoms with E-state index in [1.165, 1.54) is 0 Å². The van der Waals surface area contributed by atoms with Gasteiger partial charge in [-0.25, -0.2) is 0 Å². The predicted octanol–water partition coefficient (Wildman–Crippen LogP) is 5.51. The zero-order valence-electron chi connectivity index (χ0n) is 18.6. The molecule has 166 valence electrons. The number of fused-ring (bicyclic) bond motifs is 3. The molecule has 3 aromatic carbocycles. The minimum atomic E-state index is -4.26. The third-order valence-electron chi connectivity index (χ3n) is 5.99. The fourth-order valence-electron chi connectivity index (χ4n) is 4.66. The van der Waals surface area contributed by atoms with Crippen molar-refractivity contribution in [2.45, 2.75) is 45.4 Å². The summed E-state index contributed by atoms with van der Waals surface area (Å²) in [7, 11) is -4.26. The van der Waals surface area contributed by atoms with Crippen molar-refractivity contribution in [3.8, 4) is 16.9 Å². The van der Waals surface area contributed by atoms with Gasteiger partial charge in [0.05, 0.1) is 5.92 Å². The van der Waals surface area contributed by atoms with Gasteiger partial charge in [-0.2, -0.15) is 13.6 Å². The van der Waals surface area contributed by atoms with Crippen molar-refractivity contribution in [2.75, 3.05) is 0 Å². The van der Waals surface area contributed by atoms with Crippen LogP contribution in [0.25, 0.3) is 11.1 Å². The summed E-state index contributed by atoms with van der Waals surface area (Å²) in [4.78, 5) is 14.1. The second kappa shape index (κ2) is 8.19. The number of rotatable bonds is 6. The molecule has 0 radical (unpaired) electrons. The van der Waals surface area contributed by atoms with Gasteiger partial charge in [0, 0.05) is 11.1 Å². The van der Waals surface area contributed by atoms with Gasteiger partial charge in [-0.05, 0) is 39.7 Å². The minimum Gasteiger partial charge on any atom is -0.370 e. The molecular formula is C26H27NO4S. The SMILES string of the molecule is CC(C)c1ccc(C(=O)C2c3ccccc3-c3ccccc32)c(C(C)C)c1OS(N)(=O)=O. The molecule has 0 amide bonds. The Morgan fingerprint density at radius 2 is 1.38 bits per heavy atom. The van der Waals surface area contributed by atoms with E-state index >= 15 is 0 Å². The van der Waals surface area contributed by atoms with Crippen LogP contribution in [0, 0.1) is 0 Å². The highest BCUT2D eigenvalue weighted by atomic mass is 32.2. The molecule has 1 aliphatic carbocycles. The first-order chi connectivity index (χ1) is 15.1. The molecule has 4 rings (SSSR count). The molecule has 0 fully saturated rings. The minimum absolute atomic E-state index is 0.0127. The van der Waals surface area contributed by atoms with Crippen LogP contribution in [-0.2, 0) is 10.3 Å². The first kappa shape index (κ1) is 22.2. The molecule has 0 bridgehead atoms. The van der Waals surface area contributed by atoms with E-state index in [-0.39, 0.29) is 23.4 Å². The van der Waals surface area contributed by atoms with Crippen LogP contribution in [-0.4, -0.2) is 14.2 Å². The maximum Gasteiger partial charge on any atom is 0.380 e. The smallest absolute Gasteiger partial charge is 0.370 e. The Morgan fingerprint density at radius 1 is 0.844 bits per heavy atom. The monoisotopic (exact) mass is 449 g/mol. The summed E-state index contributed by atoms with van der Waals surface area (Å²) in [6.45, 7) is 7.73. The maximum atomic E-state index is 14.1. The molecule has 0 saturated heterocycles. The van der Waals surface area contributed by atoms with Gasteiger partial charge in [-0.3, -0.25) is 4.79 Å². The van der Waals surface area contributed by atoms with Crippen molar-refractivity contribution in [2.24, 2.45) is 5.14 Å². The summed E-state index contributed by atoms with van der Waals surface area (Å²) >= 11 is 0. The Labute approximate surface area is 189 Å². The van der Waals surface area contributed by atoms with E-state index in [0.717, 1.165) is 22.3 Å². The second-order valence-electron chi connectivity index (χ2n) is 8.80. The Bertz CT molecular complexity index is 1260. The van der Waals surface area contributed by atoms with Gasteiger partial charge < -0.3 is 4.18 Å². The molecule has 0 aromatic heterocycles. The lowest BCUT2D eigenvalue weighted by Crippen LogP contribution is -2.22. The summed E-state index contributed by atoms with van der Waals surface area (Å²) in [6, 6.07) is 19.4. The van der Waals surface area contributed by atoms with E-state index in [0.29, 0.717) is 16.7 Å². The van der Waals surface area contributed by atoms with E-state index in [1.807, 2.05) is 76.2 Å². The molecule has 0 unspecified atom stereocenters. The van der Waals surface area contributed by atoms with Crippen molar-refractivity contribution in [1.29, 1.82) is 0 Å². The topological polar surface area (TPSA) is 86.5 Å². The van der Waals surface area contributed by atoms with Crippen molar-refractivity contribution in [1.82, 2.24) is 0 Å². The molecule has 1 aliphatic rings. The number of hydrogen-bond donors (Lipinski definition) is 1. The Balaban J connectivity index is 1.95. The normalized spacial score (nSPS) is 13.3. The van der Waals surface area contributed by atoms with Crippen molar-refractivity contribution in [3.05, 3.63) is 88.5 Å². The highest BCUT2D eigenvalue weighted by Gasteiger charge is 2.36. The van der Waals surface area contributed by atoms with Crippen molar-refractivity contribution < 1.29 is 17.4 Å². The molecule has 2 N–H and O–H groups in total. The molecular weight excluding hydrogens is 422 g/mol. The van der Waals surface area contributed by atoms with Gasteiger partial charge in [0.2, 0.25) is 0 Å². The molecule has 3 aromatic rings. The number of carbonyl (C=O) groups excluding carboxylic acids is 1. The quantitative estimate of drug-likeness (QED) is 0.503. The first-order valence-electron chi connectivity index (χ1n) is 10.7. The predicted molar refractivity (Wildman–Crippen MR) is 126 cm³/mol. The first-order valence-corrected chi connectivity index (χ1v) is 12.2. The molecule has 0 aliphatic heterocycles. The summed E-state index contributed by atoms with van der Waals surface area (Å²) < 4.78 is 29.0. The molecule has 0 atom stereocenters. The lowest BCUT2D eigenvalue weighted by Gasteiger charge is -2.23. The molecule has 0 saturated carbocycles. The van der Waals surface area contributed by atoms with Gasteiger partial charge in [-0.15, -0.1) is 0 Å². The summed E-state index contributed by atoms with van der Waals surface area (Å²) in [5.74, 6) is -0.548. The van der Waals surface area contributed by atoms with Gasteiger partial charge in [0.1, 0.15) is 0 Å². The van der Waals surface area contributed by atoms with Gasteiger partial charge >= 0.3 is 10.3 Å². The highest BCUT2D eigenvalue weighted by molar-refractivity contribution is 7.84. The van der Waals surface area contributed by atoms with Crippen LogP contribution in [0.4, 0.5) is 0 Å². The molecule has 0 spiro atoms. The van der Waals surface area contributed by atoms with E-state index in [9.17, 15) is 13.2 Å². The largest absolute Gasteiger partial charge is 0.380 e. The zero-order chi connectivity index (χ0) is 23.2. The van der Waals surface area contributed by atoms with E-state index in [4.69, 9.17) is 9.32 Å². The average Bonchev–Trinajstić information content (AvgIpc) is 3.06. The lowest BCUT2D eigenvalue weighted by molar-refractivity contribution is 0.0973. The Kier molecular flexibility index (Phi) is 5.69. The van der Waals surface area contributed by atoms with Gasteiger partial charge in [0.25, 0.3) is 0 Å². The number of benzene rings is 3. The van der Waals surface area contributed by atoms with Crippen LogP contribution < -0.4 is 9.32 Å². The standard InChI is InChI=1S/C26H27NO4S/c1-15(2)17-13-14-22(23(16(3)4)26(17)31-32(27,29)30)25(28)24-20-11-7-5-9-18(20)19-10-6-8-12-21(19)24/h5-16,24H,1-4H3,(H2,27,29,30). The van der Waals surface area contributed by atoms with Crippen LogP contribution in [0.2, 0.25) is 0 Å². The molecule has 32 heavy (non-hydrogen) atoms. The molecule has 6 heteroatoms. The van der Waals surface area contributed by atoms with Gasteiger partial charge in [-0.1, -0.05) is 88.4 Å². The van der Waals surface area contributed by atoms with Crippen molar-refractivity contribution >= 4 is 16.1 Å². The number of nitrogens with two attached hydrogens (primary N) is 1. The van der Waals surface area contributed by atoms with Crippen LogP contribution in [0.3, 0.4) is 0 Å². The molecule has 5 nitrogen and oxygen atoms in total. The van der Waals surface area contributed by atoms with Crippen LogP contribution in [0.5, 0.6) is 5.75 Å². The third-order valence-corrected chi connectivity index (χ3v) is 6.39. The van der Waals surface area contributed by atoms with Crippen LogP contribution >= 0.6 is 0 Å². The van der Waals surface area contributed by atoms with E-state index in [2.05, 4.69) is 0 Å². The number of Topliss-reactive ketones (excluding diaryl/α,β-unsaturated/α-hetero) is 1. The van der Waals surface area contributed by atoms with Crippen LogP contribution in [0.15, 0.2) is 60.7 Å². The number of ketones is 1. The average molecular weight is 450 g/mol. The highest BCUT2D eigenvalue weighted by Crippen LogP contribution is 2.47. The van der Waals surface area contributed by atoms with E-state index < -0.39 is 16.2 Å². The van der Waals surface area contributed by atoms with Crippen LogP contribution in [0.1, 0.15) is 78.1 Å². The molecule has 0 heterocycles. The fraction of sp³-hybridized carbons (Fsp3) is 0.269. The third kappa shape index (κ3) is 3.85. The Morgan fingerprint density at radius 3 is 1.84 bits per heavy atom. The number of hydrogen-bond acceptors (Lipinski definition) is 4. The lowest BCUT2D eigenvalue weighted by atomic mass is 9.82. The summed E-state index contributed by atoms with van der Waals surface area (Å²) in [5, 5.41) is 5.25. The van der Waals surface area contributed by atoms with Crippen molar-refractivity contribution in [3.63, 3.8) is 0 Å². The van der Waals surface area contributed by atoms with Gasteiger partial charge in [0.15, 0.2) is 11.5 Å².